The van der Waals surface area contributed by atoms with E-state index in [4.69, 9.17) is 5.73 Å². The first-order valence-electron chi connectivity index (χ1n) is 8.05. The molecule has 1 fully saturated rings. The molecule has 2 rings (SSSR count). The molecule has 0 bridgehead atoms. The smallest absolute Gasteiger partial charge is 0.251 e. The maximum Gasteiger partial charge on any atom is 0.251 e. The summed E-state index contributed by atoms with van der Waals surface area (Å²) in [6, 6.07) is 7.86. The highest BCUT2D eigenvalue weighted by molar-refractivity contribution is 5.94. The zero-order chi connectivity index (χ0) is 15.1. The van der Waals surface area contributed by atoms with Crippen molar-refractivity contribution in [1.82, 2.24) is 10.2 Å². The number of nitrogens with two attached hydrogens (primary N) is 1. The summed E-state index contributed by atoms with van der Waals surface area (Å²) in [7, 11) is 0. The van der Waals surface area contributed by atoms with Crippen LogP contribution in [0.5, 0.6) is 0 Å². The highest BCUT2D eigenvalue weighted by Gasteiger charge is 2.20. The Balaban J connectivity index is 0.00000242. The fourth-order valence-corrected chi connectivity index (χ4v) is 2.74. The Morgan fingerprint density at radius 2 is 1.91 bits per heavy atom. The number of benzene rings is 1. The van der Waals surface area contributed by atoms with Gasteiger partial charge in [0.2, 0.25) is 0 Å². The molecule has 1 aliphatic rings. The molecule has 0 aliphatic carbocycles. The Labute approximate surface area is 139 Å². The van der Waals surface area contributed by atoms with Crippen LogP contribution in [-0.4, -0.2) is 36.5 Å². The lowest BCUT2D eigenvalue weighted by Gasteiger charge is -2.32. The Morgan fingerprint density at radius 3 is 2.45 bits per heavy atom. The van der Waals surface area contributed by atoms with Gasteiger partial charge in [0.15, 0.2) is 0 Å². The molecule has 4 nitrogen and oxygen atoms in total. The largest absolute Gasteiger partial charge is 0.349 e. The summed E-state index contributed by atoms with van der Waals surface area (Å²) in [5.74, 6) is 0.0329. The third-order valence-electron chi connectivity index (χ3n) is 4.20. The van der Waals surface area contributed by atoms with Gasteiger partial charge in [-0.15, -0.1) is 12.4 Å². The van der Waals surface area contributed by atoms with Crippen LogP contribution in [0.3, 0.4) is 0 Å². The van der Waals surface area contributed by atoms with Crippen molar-refractivity contribution in [3.8, 4) is 0 Å². The maximum atomic E-state index is 12.2. The van der Waals surface area contributed by atoms with Gasteiger partial charge < -0.3 is 16.0 Å². The molecule has 0 radical (unpaired) electrons. The molecule has 0 saturated carbocycles. The third-order valence-corrected chi connectivity index (χ3v) is 4.20. The van der Waals surface area contributed by atoms with E-state index in [2.05, 4.69) is 17.1 Å². The number of hydrogen-bond donors (Lipinski definition) is 2. The van der Waals surface area contributed by atoms with Crippen molar-refractivity contribution >= 4 is 18.3 Å². The van der Waals surface area contributed by atoms with Gasteiger partial charge >= 0.3 is 0 Å². The second-order valence-corrected chi connectivity index (χ2v) is 5.84. The van der Waals surface area contributed by atoms with E-state index < -0.39 is 0 Å². The number of nitrogens with zero attached hydrogens (tertiary/aromatic N) is 1. The van der Waals surface area contributed by atoms with Gasteiger partial charge in [0.05, 0.1) is 0 Å². The van der Waals surface area contributed by atoms with Gasteiger partial charge in [0.1, 0.15) is 0 Å². The number of hydrogen-bond acceptors (Lipinski definition) is 3. The zero-order valence-corrected chi connectivity index (χ0v) is 14.2. The molecule has 0 aromatic heterocycles. The highest BCUT2D eigenvalue weighted by Crippen LogP contribution is 2.12. The number of piperidine rings is 1. The Hall–Kier alpha value is -1.10. The second kappa shape index (κ2) is 9.82. The molecule has 0 unspecified atom stereocenters. The Morgan fingerprint density at radius 1 is 1.27 bits per heavy atom. The number of halogens is 1. The predicted molar refractivity (Wildman–Crippen MR) is 93.4 cm³/mol. The summed E-state index contributed by atoms with van der Waals surface area (Å²) >= 11 is 0. The second-order valence-electron chi connectivity index (χ2n) is 5.84. The summed E-state index contributed by atoms with van der Waals surface area (Å²) in [5, 5.41) is 3.15. The van der Waals surface area contributed by atoms with E-state index in [1.54, 1.807) is 0 Å². The lowest BCUT2D eigenvalue weighted by molar-refractivity contribution is 0.0911. The third kappa shape index (κ3) is 5.59. The highest BCUT2D eigenvalue weighted by atomic mass is 35.5. The zero-order valence-electron chi connectivity index (χ0n) is 13.4. The van der Waals surface area contributed by atoms with Crippen LogP contribution in [0.15, 0.2) is 24.3 Å². The van der Waals surface area contributed by atoms with Gasteiger partial charge in [-0.1, -0.05) is 25.5 Å². The van der Waals surface area contributed by atoms with E-state index in [9.17, 15) is 4.79 Å². The number of carbonyl (C=O) groups excluding carboxylic acids is 1. The van der Waals surface area contributed by atoms with Crippen molar-refractivity contribution in [2.75, 3.05) is 19.6 Å². The molecule has 0 spiro atoms. The molecule has 124 valence electrons. The average molecular weight is 326 g/mol. The van der Waals surface area contributed by atoms with Crippen LogP contribution in [0.1, 0.15) is 48.5 Å². The van der Waals surface area contributed by atoms with E-state index in [-0.39, 0.29) is 18.3 Å². The first kappa shape index (κ1) is 18.9. The van der Waals surface area contributed by atoms with E-state index in [0.29, 0.717) is 12.6 Å². The summed E-state index contributed by atoms with van der Waals surface area (Å²) < 4.78 is 0. The van der Waals surface area contributed by atoms with Crippen molar-refractivity contribution in [2.24, 2.45) is 5.73 Å². The first-order valence-corrected chi connectivity index (χ1v) is 8.05. The lowest BCUT2D eigenvalue weighted by atomic mass is 10.0. The molecule has 3 N–H and O–H groups in total. The minimum Gasteiger partial charge on any atom is -0.349 e. The van der Waals surface area contributed by atoms with E-state index in [1.165, 1.54) is 19.4 Å². The Bertz CT molecular complexity index is 442. The normalized spacial score (nSPS) is 16.1. The number of rotatable bonds is 6. The number of unbranched alkanes of at least 4 members (excludes halogenated alkanes) is 1. The van der Waals surface area contributed by atoms with Gasteiger partial charge in [-0.05, 0) is 43.5 Å². The van der Waals surface area contributed by atoms with Gasteiger partial charge in [0, 0.05) is 31.2 Å². The SMILES string of the molecule is CCCCN1CCC(NC(=O)c2ccc(CN)cc2)CC1.Cl. The number of nitrogens with one attached hydrogen (secondary N) is 1. The van der Waals surface area contributed by atoms with Crippen LogP contribution in [0.2, 0.25) is 0 Å². The van der Waals surface area contributed by atoms with Crippen molar-refractivity contribution in [3.05, 3.63) is 35.4 Å². The van der Waals surface area contributed by atoms with Gasteiger partial charge in [-0.3, -0.25) is 4.79 Å². The monoisotopic (exact) mass is 325 g/mol. The predicted octanol–water partition coefficient (Wildman–Crippen LogP) is 2.56. The van der Waals surface area contributed by atoms with Crippen molar-refractivity contribution in [3.63, 3.8) is 0 Å². The Kier molecular flexibility index (Phi) is 8.46. The van der Waals surface area contributed by atoms with Crippen LogP contribution in [0.25, 0.3) is 0 Å². The van der Waals surface area contributed by atoms with Crippen molar-refractivity contribution in [1.29, 1.82) is 0 Å². The van der Waals surface area contributed by atoms with Crippen LogP contribution < -0.4 is 11.1 Å². The van der Waals surface area contributed by atoms with E-state index in [0.717, 1.165) is 37.1 Å². The van der Waals surface area contributed by atoms with Crippen LogP contribution in [0, 0.1) is 0 Å². The van der Waals surface area contributed by atoms with Crippen LogP contribution in [-0.2, 0) is 6.54 Å². The average Bonchev–Trinajstić information content (AvgIpc) is 2.54. The lowest BCUT2D eigenvalue weighted by Crippen LogP contribution is -2.44. The first-order chi connectivity index (χ1) is 10.2. The molecule has 1 aromatic carbocycles. The minimum atomic E-state index is 0. The molecule has 5 heteroatoms. The number of likely N-dealkylation sites (tertiary alicyclic amines) is 1. The van der Waals surface area contributed by atoms with Gasteiger partial charge in [-0.25, -0.2) is 0 Å². The summed E-state index contributed by atoms with van der Waals surface area (Å²) in [4.78, 5) is 14.7. The van der Waals surface area contributed by atoms with E-state index in [1.807, 2.05) is 24.3 Å². The van der Waals surface area contributed by atoms with Gasteiger partial charge in [-0.2, -0.15) is 0 Å². The quantitative estimate of drug-likeness (QED) is 0.845. The number of amides is 1. The van der Waals surface area contributed by atoms with E-state index >= 15 is 0 Å². The van der Waals surface area contributed by atoms with Crippen molar-refractivity contribution < 1.29 is 4.79 Å². The van der Waals surface area contributed by atoms with Gasteiger partial charge in [0.25, 0.3) is 5.91 Å². The molecule has 1 saturated heterocycles. The summed E-state index contributed by atoms with van der Waals surface area (Å²) in [6.45, 7) is 6.12. The summed E-state index contributed by atoms with van der Waals surface area (Å²) in [5.41, 5.74) is 7.34. The topological polar surface area (TPSA) is 58.4 Å². The molecule has 1 heterocycles. The molecule has 0 atom stereocenters. The molecule has 22 heavy (non-hydrogen) atoms. The fourth-order valence-electron chi connectivity index (χ4n) is 2.74. The molecular weight excluding hydrogens is 298 g/mol. The fraction of sp³-hybridized carbons (Fsp3) is 0.588. The number of carbonyl (C=O) groups is 1. The van der Waals surface area contributed by atoms with Crippen LogP contribution in [0.4, 0.5) is 0 Å². The molecule has 1 aromatic rings. The van der Waals surface area contributed by atoms with Crippen molar-refractivity contribution in [2.45, 2.75) is 45.2 Å². The minimum absolute atomic E-state index is 0. The molecule has 1 amide bonds. The maximum absolute atomic E-state index is 12.2. The summed E-state index contributed by atoms with van der Waals surface area (Å²) in [6.07, 6.45) is 4.62. The molecular formula is C17H28ClN3O. The van der Waals surface area contributed by atoms with Crippen LogP contribution >= 0.6 is 12.4 Å². The standard InChI is InChI=1S/C17H27N3O.ClH/c1-2-3-10-20-11-8-16(9-12-20)19-17(21)15-6-4-14(13-18)5-7-15;/h4-7,16H,2-3,8-13,18H2,1H3,(H,19,21);1H. The molecule has 1 aliphatic heterocycles.